The van der Waals surface area contributed by atoms with Gasteiger partial charge in [-0.2, -0.15) is 0 Å². The number of amides is 1. The summed E-state index contributed by atoms with van der Waals surface area (Å²) in [6.45, 7) is 0. The number of carbonyl (C=O) groups excluding carboxylic acids is 1. The van der Waals surface area contributed by atoms with Crippen molar-refractivity contribution in [1.82, 2.24) is 10.2 Å². The summed E-state index contributed by atoms with van der Waals surface area (Å²) < 4.78 is 27.7. The van der Waals surface area contributed by atoms with Crippen molar-refractivity contribution < 1.29 is 17.6 Å². The number of carbonyl (C=O) groups is 1. The molecule has 3 rings (SSSR count). The lowest BCUT2D eigenvalue weighted by atomic mass is 10.3. The predicted molar refractivity (Wildman–Crippen MR) is 83.4 cm³/mol. The standard InChI is InChI=1S/C13H14N4O4S2/c14-23(19,20)10-5-3-9(4-6-10)15-11(18)7-22-13-17-16-12(21-13)8-1-2-8/h3-6,8H,1-2,7H2,(H,15,18)(H2,14,19,20). The van der Waals surface area contributed by atoms with Crippen molar-refractivity contribution >= 4 is 33.4 Å². The van der Waals surface area contributed by atoms with Gasteiger partial charge in [0.25, 0.3) is 5.22 Å². The number of hydrogen-bond donors (Lipinski definition) is 2. The topological polar surface area (TPSA) is 128 Å². The zero-order valence-corrected chi connectivity index (χ0v) is 13.6. The van der Waals surface area contributed by atoms with Gasteiger partial charge in [0.05, 0.1) is 10.6 Å². The molecule has 122 valence electrons. The Bertz CT molecular complexity index is 813. The number of sulfonamides is 1. The zero-order valence-electron chi connectivity index (χ0n) is 11.9. The number of nitrogens with zero attached hydrogens (tertiary/aromatic N) is 2. The van der Waals surface area contributed by atoms with Crippen LogP contribution in [0.2, 0.25) is 0 Å². The lowest BCUT2D eigenvalue weighted by molar-refractivity contribution is -0.113. The van der Waals surface area contributed by atoms with Gasteiger partial charge in [0.1, 0.15) is 0 Å². The molecule has 1 fully saturated rings. The van der Waals surface area contributed by atoms with Gasteiger partial charge < -0.3 is 9.73 Å². The summed E-state index contributed by atoms with van der Waals surface area (Å²) in [5.41, 5.74) is 0.479. The molecule has 0 spiro atoms. The molecule has 10 heteroatoms. The van der Waals surface area contributed by atoms with E-state index in [2.05, 4.69) is 15.5 Å². The van der Waals surface area contributed by atoms with Crippen LogP contribution >= 0.6 is 11.8 Å². The van der Waals surface area contributed by atoms with E-state index in [0.29, 0.717) is 22.7 Å². The number of primary sulfonamides is 1. The lowest BCUT2D eigenvalue weighted by Crippen LogP contribution is -2.15. The van der Waals surface area contributed by atoms with E-state index in [1.807, 2.05) is 0 Å². The summed E-state index contributed by atoms with van der Waals surface area (Å²) in [4.78, 5) is 11.8. The van der Waals surface area contributed by atoms with E-state index in [0.717, 1.165) is 24.6 Å². The molecule has 3 N–H and O–H groups in total. The molecule has 1 aliphatic rings. The fourth-order valence-corrected chi connectivity index (χ4v) is 2.91. The van der Waals surface area contributed by atoms with Crippen molar-refractivity contribution in [3.05, 3.63) is 30.2 Å². The SMILES string of the molecule is NS(=O)(=O)c1ccc(NC(=O)CSc2nnc(C3CC3)o2)cc1. The summed E-state index contributed by atoms with van der Waals surface area (Å²) in [6, 6.07) is 5.61. The minimum absolute atomic E-state index is 0.0108. The molecule has 0 radical (unpaired) electrons. The number of hydrogen-bond acceptors (Lipinski definition) is 7. The highest BCUT2D eigenvalue weighted by Crippen LogP contribution is 2.39. The molecule has 0 bridgehead atoms. The van der Waals surface area contributed by atoms with E-state index in [4.69, 9.17) is 9.56 Å². The number of nitrogens with one attached hydrogen (secondary N) is 1. The van der Waals surface area contributed by atoms with Crippen LogP contribution in [0.5, 0.6) is 0 Å². The number of rotatable bonds is 6. The number of nitrogens with two attached hydrogens (primary N) is 1. The van der Waals surface area contributed by atoms with Crippen LogP contribution < -0.4 is 10.5 Å². The predicted octanol–water partition coefficient (Wildman–Crippen LogP) is 1.33. The Kier molecular flexibility index (Phi) is 4.37. The van der Waals surface area contributed by atoms with Gasteiger partial charge in [-0.1, -0.05) is 11.8 Å². The molecule has 8 nitrogen and oxygen atoms in total. The van der Waals surface area contributed by atoms with E-state index >= 15 is 0 Å². The third-order valence-corrected chi connectivity index (χ3v) is 4.89. The second-order valence-corrected chi connectivity index (χ2v) is 7.57. The molecule has 1 saturated carbocycles. The molecule has 0 unspecified atom stereocenters. The average molecular weight is 354 g/mol. The smallest absolute Gasteiger partial charge is 0.277 e. The first-order valence-electron chi connectivity index (χ1n) is 6.81. The van der Waals surface area contributed by atoms with Crippen LogP contribution in [0.3, 0.4) is 0 Å². The molecular weight excluding hydrogens is 340 g/mol. The maximum Gasteiger partial charge on any atom is 0.277 e. The molecule has 2 aromatic rings. The first kappa shape index (κ1) is 16.0. The zero-order chi connectivity index (χ0) is 16.4. The largest absolute Gasteiger partial charge is 0.416 e. The monoisotopic (exact) mass is 354 g/mol. The minimum Gasteiger partial charge on any atom is -0.416 e. The van der Waals surface area contributed by atoms with Crippen molar-refractivity contribution in [2.45, 2.75) is 28.9 Å². The molecule has 1 aromatic carbocycles. The van der Waals surface area contributed by atoms with Crippen molar-refractivity contribution in [2.75, 3.05) is 11.1 Å². The van der Waals surface area contributed by atoms with Gasteiger partial charge in [0, 0.05) is 11.6 Å². The number of aromatic nitrogens is 2. The van der Waals surface area contributed by atoms with Crippen molar-refractivity contribution in [3.8, 4) is 0 Å². The first-order valence-corrected chi connectivity index (χ1v) is 9.34. The third kappa shape index (κ3) is 4.30. The third-order valence-electron chi connectivity index (χ3n) is 3.14. The van der Waals surface area contributed by atoms with Crippen LogP contribution in [-0.4, -0.2) is 30.3 Å². The second kappa shape index (κ2) is 6.30. The Morgan fingerprint density at radius 1 is 1.30 bits per heavy atom. The second-order valence-electron chi connectivity index (χ2n) is 5.09. The van der Waals surface area contributed by atoms with E-state index in [1.165, 1.54) is 24.3 Å². The molecule has 1 amide bonds. The highest BCUT2D eigenvalue weighted by molar-refractivity contribution is 7.99. The lowest BCUT2D eigenvalue weighted by Gasteiger charge is -2.04. The Labute approximate surface area is 136 Å². The minimum atomic E-state index is -3.74. The van der Waals surface area contributed by atoms with Crippen LogP contribution in [0.25, 0.3) is 0 Å². The molecular formula is C13H14N4O4S2. The fraction of sp³-hybridized carbons (Fsp3) is 0.308. The van der Waals surface area contributed by atoms with Crippen molar-refractivity contribution in [1.29, 1.82) is 0 Å². The Morgan fingerprint density at radius 3 is 2.61 bits per heavy atom. The highest BCUT2D eigenvalue weighted by Gasteiger charge is 2.29. The van der Waals surface area contributed by atoms with Gasteiger partial charge in [0.15, 0.2) is 0 Å². The van der Waals surface area contributed by atoms with E-state index in [1.54, 1.807) is 0 Å². The Morgan fingerprint density at radius 2 is 2.00 bits per heavy atom. The van der Waals surface area contributed by atoms with Gasteiger partial charge in [-0.25, -0.2) is 13.6 Å². The summed E-state index contributed by atoms with van der Waals surface area (Å²) in [7, 11) is -3.74. The quantitative estimate of drug-likeness (QED) is 0.749. The van der Waals surface area contributed by atoms with Crippen LogP contribution in [0.4, 0.5) is 5.69 Å². The van der Waals surface area contributed by atoms with Gasteiger partial charge in [0.2, 0.25) is 21.8 Å². The van der Waals surface area contributed by atoms with Crippen LogP contribution in [0, 0.1) is 0 Å². The molecule has 1 aliphatic carbocycles. The van der Waals surface area contributed by atoms with Gasteiger partial charge in [-0.15, -0.1) is 10.2 Å². The first-order chi connectivity index (χ1) is 10.9. The normalized spacial score (nSPS) is 14.7. The fourth-order valence-electron chi connectivity index (χ4n) is 1.83. The number of benzene rings is 1. The Hall–Kier alpha value is -1.91. The molecule has 0 saturated heterocycles. The molecule has 23 heavy (non-hydrogen) atoms. The average Bonchev–Trinajstić information content (AvgIpc) is 3.24. The van der Waals surface area contributed by atoms with Crippen molar-refractivity contribution in [2.24, 2.45) is 5.14 Å². The Balaban J connectivity index is 1.52. The number of anilines is 1. The van der Waals surface area contributed by atoms with Crippen molar-refractivity contribution in [3.63, 3.8) is 0 Å². The van der Waals surface area contributed by atoms with Gasteiger partial charge >= 0.3 is 0 Å². The van der Waals surface area contributed by atoms with Crippen LogP contribution in [0.15, 0.2) is 38.8 Å². The van der Waals surface area contributed by atoms with Gasteiger partial charge in [-0.05, 0) is 37.1 Å². The molecule has 0 atom stereocenters. The summed E-state index contributed by atoms with van der Waals surface area (Å²) >= 11 is 1.15. The maximum atomic E-state index is 11.9. The van der Waals surface area contributed by atoms with Crippen LogP contribution in [-0.2, 0) is 14.8 Å². The highest BCUT2D eigenvalue weighted by atomic mass is 32.2. The van der Waals surface area contributed by atoms with Gasteiger partial charge in [-0.3, -0.25) is 4.79 Å². The molecule has 1 aromatic heterocycles. The summed E-state index contributed by atoms with van der Waals surface area (Å²) in [6.07, 6.45) is 2.14. The van der Waals surface area contributed by atoms with Crippen LogP contribution in [0.1, 0.15) is 24.7 Å². The number of thioether (sulfide) groups is 1. The molecule has 1 heterocycles. The van der Waals surface area contributed by atoms with E-state index in [9.17, 15) is 13.2 Å². The maximum absolute atomic E-state index is 11.9. The summed E-state index contributed by atoms with van der Waals surface area (Å²) in [5, 5.41) is 15.8. The summed E-state index contributed by atoms with van der Waals surface area (Å²) in [5.74, 6) is 0.863. The van der Waals surface area contributed by atoms with E-state index in [-0.39, 0.29) is 16.6 Å². The molecule has 0 aliphatic heterocycles. The van der Waals surface area contributed by atoms with E-state index < -0.39 is 10.0 Å².